The topological polar surface area (TPSA) is 79.7 Å². The second-order valence-electron chi connectivity index (χ2n) is 6.81. The molecule has 0 saturated carbocycles. The maximum atomic E-state index is 13.1. The monoisotopic (exact) mass is 358 g/mol. The molecule has 0 bridgehead atoms. The molecule has 1 atom stereocenters. The van der Waals surface area contributed by atoms with Crippen LogP contribution in [0.1, 0.15) is 29.1 Å². The second kappa shape index (κ2) is 6.05. The Morgan fingerprint density at radius 2 is 2.00 bits per heavy atom. The highest BCUT2D eigenvalue weighted by Crippen LogP contribution is 2.28. The first-order valence-corrected chi connectivity index (χ1v) is 8.93. The molecular weight excluding hydrogens is 340 g/mol. The number of aromatic nitrogens is 5. The Hall–Kier alpha value is -3.48. The van der Waals surface area contributed by atoms with Gasteiger partial charge < -0.3 is 14.5 Å². The molecule has 0 fully saturated rings. The Kier molecular flexibility index (Phi) is 3.53. The van der Waals surface area contributed by atoms with Crippen LogP contribution in [0, 0.1) is 0 Å². The lowest BCUT2D eigenvalue weighted by Gasteiger charge is -2.32. The summed E-state index contributed by atoms with van der Waals surface area (Å²) >= 11 is 0. The molecule has 7 nitrogen and oxygen atoms in total. The van der Waals surface area contributed by atoms with Crippen molar-refractivity contribution in [3.05, 3.63) is 66.2 Å². The number of benzene rings is 1. The Labute approximate surface area is 155 Å². The van der Waals surface area contributed by atoms with E-state index in [0.717, 1.165) is 22.7 Å². The summed E-state index contributed by atoms with van der Waals surface area (Å²) in [6, 6.07) is 13.9. The standard InChI is InChI=1S/C20H18N6O/c1-13-11-25(20(27)15-10-22-16-8-5-9-21-18(15)16)12-17-23-24-19(26(13)17)14-6-3-2-4-7-14/h2-10,13,22H,11-12H2,1H3/t13-/m0/s1. The van der Waals surface area contributed by atoms with Gasteiger partial charge in [-0.15, -0.1) is 10.2 Å². The number of carbonyl (C=O) groups excluding carboxylic acids is 1. The Morgan fingerprint density at radius 1 is 1.15 bits per heavy atom. The summed E-state index contributed by atoms with van der Waals surface area (Å²) in [6.45, 7) is 3.12. The van der Waals surface area contributed by atoms with E-state index in [0.29, 0.717) is 24.2 Å². The Bertz CT molecular complexity index is 1130. The molecule has 0 aliphatic carbocycles. The van der Waals surface area contributed by atoms with E-state index in [4.69, 9.17) is 0 Å². The van der Waals surface area contributed by atoms with Crippen molar-refractivity contribution in [1.29, 1.82) is 0 Å². The summed E-state index contributed by atoms with van der Waals surface area (Å²) in [5, 5.41) is 8.74. The van der Waals surface area contributed by atoms with E-state index in [1.165, 1.54) is 0 Å². The normalized spacial score (nSPS) is 16.5. The number of hydrogen-bond acceptors (Lipinski definition) is 4. The van der Waals surface area contributed by atoms with Crippen molar-refractivity contribution in [2.45, 2.75) is 19.5 Å². The fourth-order valence-electron chi connectivity index (χ4n) is 3.76. The van der Waals surface area contributed by atoms with Crippen molar-refractivity contribution in [3.63, 3.8) is 0 Å². The van der Waals surface area contributed by atoms with Gasteiger partial charge in [0.2, 0.25) is 0 Å². The smallest absolute Gasteiger partial charge is 0.258 e. The Balaban J connectivity index is 1.49. The molecule has 1 aliphatic heterocycles. The van der Waals surface area contributed by atoms with Gasteiger partial charge in [-0.2, -0.15) is 0 Å². The predicted molar refractivity (Wildman–Crippen MR) is 101 cm³/mol. The zero-order valence-electron chi connectivity index (χ0n) is 14.8. The number of fused-ring (bicyclic) bond motifs is 2. The van der Waals surface area contributed by atoms with Crippen LogP contribution >= 0.6 is 0 Å². The summed E-state index contributed by atoms with van der Waals surface area (Å²) in [5.41, 5.74) is 3.19. The van der Waals surface area contributed by atoms with Gasteiger partial charge in [-0.3, -0.25) is 9.78 Å². The summed E-state index contributed by atoms with van der Waals surface area (Å²) in [5.74, 6) is 1.61. The van der Waals surface area contributed by atoms with Crippen LogP contribution in [0.4, 0.5) is 0 Å². The van der Waals surface area contributed by atoms with Gasteiger partial charge in [-0.1, -0.05) is 30.3 Å². The second-order valence-corrected chi connectivity index (χ2v) is 6.81. The van der Waals surface area contributed by atoms with Crippen LogP contribution in [0.2, 0.25) is 0 Å². The fourth-order valence-corrected chi connectivity index (χ4v) is 3.76. The summed E-state index contributed by atoms with van der Waals surface area (Å²) in [7, 11) is 0. The molecule has 1 amide bonds. The third kappa shape index (κ3) is 2.51. The molecule has 1 aliphatic rings. The molecular formula is C20H18N6O. The molecule has 0 radical (unpaired) electrons. The quantitative estimate of drug-likeness (QED) is 0.597. The molecule has 1 aromatic carbocycles. The first-order valence-electron chi connectivity index (χ1n) is 8.93. The highest BCUT2D eigenvalue weighted by Gasteiger charge is 2.31. The van der Waals surface area contributed by atoms with Crippen molar-refractivity contribution in [2.75, 3.05) is 6.54 Å². The minimum absolute atomic E-state index is 0.0395. The van der Waals surface area contributed by atoms with Gasteiger partial charge in [0.05, 0.1) is 23.7 Å². The van der Waals surface area contributed by atoms with Crippen molar-refractivity contribution >= 4 is 16.9 Å². The molecule has 5 rings (SSSR count). The fraction of sp³-hybridized carbons (Fsp3) is 0.200. The molecule has 0 unspecified atom stereocenters. The maximum Gasteiger partial charge on any atom is 0.258 e. The number of nitrogens with one attached hydrogen (secondary N) is 1. The lowest BCUT2D eigenvalue weighted by molar-refractivity contribution is 0.0684. The lowest BCUT2D eigenvalue weighted by Crippen LogP contribution is -2.40. The van der Waals surface area contributed by atoms with Gasteiger partial charge in [0.25, 0.3) is 5.91 Å². The van der Waals surface area contributed by atoms with Crippen molar-refractivity contribution in [3.8, 4) is 11.4 Å². The van der Waals surface area contributed by atoms with Crippen LogP contribution in [-0.2, 0) is 6.54 Å². The molecule has 7 heteroatoms. The summed E-state index contributed by atoms with van der Waals surface area (Å²) < 4.78 is 2.13. The van der Waals surface area contributed by atoms with Gasteiger partial charge >= 0.3 is 0 Å². The zero-order valence-corrected chi connectivity index (χ0v) is 14.8. The van der Waals surface area contributed by atoms with Gasteiger partial charge in [0, 0.05) is 24.5 Å². The highest BCUT2D eigenvalue weighted by molar-refractivity contribution is 6.05. The lowest BCUT2D eigenvalue weighted by atomic mass is 10.1. The summed E-state index contributed by atoms with van der Waals surface area (Å²) in [4.78, 5) is 22.4. The number of aromatic amines is 1. The maximum absolute atomic E-state index is 13.1. The van der Waals surface area contributed by atoms with E-state index in [-0.39, 0.29) is 11.9 Å². The van der Waals surface area contributed by atoms with Crippen LogP contribution in [0.25, 0.3) is 22.4 Å². The molecule has 4 heterocycles. The number of hydrogen-bond donors (Lipinski definition) is 1. The van der Waals surface area contributed by atoms with E-state index in [1.807, 2.05) is 47.4 Å². The first-order chi connectivity index (χ1) is 13.2. The molecule has 0 spiro atoms. The highest BCUT2D eigenvalue weighted by atomic mass is 16.2. The largest absolute Gasteiger partial charge is 0.359 e. The summed E-state index contributed by atoms with van der Waals surface area (Å²) in [6.07, 6.45) is 3.44. The molecule has 0 saturated heterocycles. The predicted octanol–water partition coefficient (Wildman–Crippen LogP) is 3.04. The van der Waals surface area contributed by atoms with Crippen molar-refractivity contribution in [2.24, 2.45) is 0 Å². The number of H-pyrrole nitrogens is 1. The van der Waals surface area contributed by atoms with E-state index < -0.39 is 0 Å². The van der Waals surface area contributed by atoms with Crippen LogP contribution < -0.4 is 0 Å². The average Bonchev–Trinajstić information content (AvgIpc) is 3.33. The molecule has 3 aromatic heterocycles. The van der Waals surface area contributed by atoms with Crippen LogP contribution in [0.15, 0.2) is 54.9 Å². The van der Waals surface area contributed by atoms with Crippen molar-refractivity contribution < 1.29 is 4.79 Å². The van der Waals surface area contributed by atoms with Gasteiger partial charge in [0.15, 0.2) is 11.6 Å². The average molecular weight is 358 g/mol. The number of carbonyl (C=O) groups is 1. The Morgan fingerprint density at radius 3 is 2.85 bits per heavy atom. The van der Waals surface area contributed by atoms with Gasteiger partial charge in [-0.25, -0.2) is 0 Å². The van der Waals surface area contributed by atoms with E-state index in [2.05, 4.69) is 31.7 Å². The number of nitrogens with zero attached hydrogens (tertiary/aromatic N) is 5. The molecule has 27 heavy (non-hydrogen) atoms. The number of amides is 1. The molecule has 134 valence electrons. The van der Waals surface area contributed by atoms with Gasteiger partial charge in [0.1, 0.15) is 5.52 Å². The third-order valence-electron chi connectivity index (χ3n) is 5.01. The SMILES string of the molecule is C[C@H]1CN(C(=O)c2c[nH]c3cccnc23)Cc2nnc(-c3ccccc3)n21. The minimum Gasteiger partial charge on any atom is -0.359 e. The van der Waals surface area contributed by atoms with E-state index in [1.54, 1.807) is 12.4 Å². The molecule has 4 aromatic rings. The first kappa shape index (κ1) is 15.7. The minimum atomic E-state index is -0.0395. The van der Waals surface area contributed by atoms with Crippen LogP contribution in [0.5, 0.6) is 0 Å². The van der Waals surface area contributed by atoms with E-state index >= 15 is 0 Å². The number of rotatable bonds is 2. The number of pyridine rings is 1. The van der Waals surface area contributed by atoms with Crippen LogP contribution in [-0.4, -0.2) is 42.1 Å². The third-order valence-corrected chi connectivity index (χ3v) is 5.01. The van der Waals surface area contributed by atoms with Crippen LogP contribution in [0.3, 0.4) is 0 Å². The molecule has 1 N–H and O–H groups in total. The van der Waals surface area contributed by atoms with E-state index in [9.17, 15) is 4.79 Å². The van der Waals surface area contributed by atoms with Gasteiger partial charge in [-0.05, 0) is 19.1 Å². The zero-order chi connectivity index (χ0) is 18.4. The van der Waals surface area contributed by atoms with Crippen molar-refractivity contribution in [1.82, 2.24) is 29.6 Å².